The molecule has 1 N–H and O–H groups in total. The van der Waals surface area contributed by atoms with Crippen LogP contribution in [0, 0.1) is 11.3 Å². The van der Waals surface area contributed by atoms with Crippen molar-refractivity contribution in [2.45, 2.75) is 6.92 Å². The lowest BCUT2D eigenvalue weighted by atomic mass is 10.2. The summed E-state index contributed by atoms with van der Waals surface area (Å²) in [5.74, 6) is 0. The van der Waals surface area contributed by atoms with Crippen LogP contribution in [0.25, 0.3) is 0 Å². The highest BCUT2D eigenvalue weighted by Gasteiger charge is 2.01. The zero-order valence-corrected chi connectivity index (χ0v) is 11.2. The van der Waals surface area contributed by atoms with Crippen LogP contribution in [0.5, 0.6) is 0 Å². The van der Waals surface area contributed by atoms with E-state index in [9.17, 15) is 0 Å². The number of nitrogens with one attached hydrogen (secondary N) is 1. The molecule has 16 heavy (non-hydrogen) atoms. The van der Waals surface area contributed by atoms with Gasteiger partial charge in [-0.15, -0.1) is 0 Å². The topological polar surface area (TPSA) is 39.1 Å². The van der Waals surface area contributed by atoms with Gasteiger partial charge in [0.25, 0.3) is 0 Å². The van der Waals surface area contributed by atoms with Gasteiger partial charge in [0.15, 0.2) is 0 Å². The first-order valence-corrected chi connectivity index (χ1v) is 6.08. The second-order valence-electron chi connectivity index (χ2n) is 3.63. The molecule has 1 aromatic carbocycles. The van der Waals surface area contributed by atoms with Crippen LogP contribution in [0.1, 0.15) is 12.5 Å². The van der Waals surface area contributed by atoms with Gasteiger partial charge in [-0.2, -0.15) is 5.26 Å². The van der Waals surface area contributed by atoms with Crippen LogP contribution < -0.4 is 5.32 Å². The molecule has 0 radical (unpaired) electrons. The molecule has 0 bridgehead atoms. The molecule has 0 saturated carbocycles. The Morgan fingerprint density at radius 1 is 1.50 bits per heavy atom. The number of halogens is 1. The number of nitrogens with zero attached hydrogens (tertiary/aromatic N) is 2. The van der Waals surface area contributed by atoms with Crippen LogP contribution in [0.2, 0.25) is 0 Å². The van der Waals surface area contributed by atoms with Gasteiger partial charge < -0.3 is 10.2 Å². The van der Waals surface area contributed by atoms with E-state index in [0.717, 1.165) is 29.8 Å². The SMILES string of the molecule is CCN(C)CCNc1ccc(C#N)cc1Br. The Morgan fingerprint density at radius 2 is 2.25 bits per heavy atom. The van der Waals surface area contributed by atoms with Gasteiger partial charge >= 0.3 is 0 Å². The molecule has 0 aliphatic heterocycles. The highest BCUT2D eigenvalue weighted by atomic mass is 79.9. The van der Waals surface area contributed by atoms with Gasteiger partial charge in [-0.1, -0.05) is 6.92 Å². The largest absolute Gasteiger partial charge is 0.383 e. The molecular weight excluding hydrogens is 266 g/mol. The fourth-order valence-electron chi connectivity index (χ4n) is 1.27. The third-order valence-electron chi connectivity index (χ3n) is 2.45. The molecule has 0 unspecified atom stereocenters. The van der Waals surface area contributed by atoms with E-state index in [4.69, 9.17) is 5.26 Å². The standard InChI is InChI=1S/C12H16BrN3/c1-3-16(2)7-6-15-12-5-4-10(9-14)8-11(12)13/h4-5,8,15H,3,6-7H2,1-2H3. The van der Waals surface area contributed by atoms with Crippen LogP contribution in [0.3, 0.4) is 0 Å². The maximum atomic E-state index is 8.74. The fourth-order valence-corrected chi connectivity index (χ4v) is 1.79. The Labute approximate surface area is 105 Å². The average molecular weight is 282 g/mol. The molecule has 0 heterocycles. The molecule has 0 aliphatic carbocycles. The average Bonchev–Trinajstić information content (AvgIpc) is 2.30. The summed E-state index contributed by atoms with van der Waals surface area (Å²) in [5, 5.41) is 12.1. The third kappa shape index (κ3) is 3.84. The Hall–Kier alpha value is -1.05. The van der Waals surface area contributed by atoms with E-state index in [2.05, 4.69) is 46.2 Å². The molecule has 0 saturated heterocycles. The first-order valence-electron chi connectivity index (χ1n) is 5.29. The molecule has 4 heteroatoms. The molecular formula is C12H16BrN3. The lowest BCUT2D eigenvalue weighted by Gasteiger charge is -2.15. The summed E-state index contributed by atoms with van der Waals surface area (Å²) in [4.78, 5) is 2.24. The fraction of sp³-hybridized carbons (Fsp3) is 0.417. The molecule has 0 spiro atoms. The Morgan fingerprint density at radius 3 is 2.81 bits per heavy atom. The smallest absolute Gasteiger partial charge is 0.0992 e. The van der Waals surface area contributed by atoms with Crippen molar-refractivity contribution in [2.24, 2.45) is 0 Å². The van der Waals surface area contributed by atoms with Crippen molar-refractivity contribution in [3.05, 3.63) is 28.2 Å². The summed E-state index contributed by atoms with van der Waals surface area (Å²) < 4.78 is 0.936. The maximum absolute atomic E-state index is 8.74. The van der Waals surface area contributed by atoms with Crippen LogP contribution in [-0.4, -0.2) is 31.6 Å². The third-order valence-corrected chi connectivity index (χ3v) is 3.10. The maximum Gasteiger partial charge on any atom is 0.0992 e. The monoisotopic (exact) mass is 281 g/mol. The molecule has 1 rings (SSSR count). The minimum absolute atomic E-state index is 0.670. The van der Waals surface area contributed by atoms with Gasteiger partial charge in [0, 0.05) is 23.2 Å². The van der Waals surface area contributed by atoms with E-state index in [1.807, 2.05) is 18.2 Å². The number of nitriles is 1. The molecule has 1 aromatic rings. The minimum atomic E-state index is 0.670. The predicted molar refractivity (Wildman–Crippen MR) is 70.5 cm³/mol. The predicted octanol–water partition coefficient (Wildman–Crippen LogP) is 2.68. The summed E-state index contributed by atoms with van der Waals surface area (Å²) in [7, 11) is 2.09. The van der Waals surface area contributed by atoms with Gasteiger partial charge in [-0.3, -0.25) is 0 Å². The summed E-state index contributed by atoms with van der Waals surface area (Å²) in [6.45, 7) is 5.09. The summed E-state index contributed by atoms with van der Waals surface area (Å²) in [5.41, 5.74) is 1.70. The molecule has 0 fully saturated rings. The number of hydrogen-bond donors (Lipinski definition) is 1. The van der Waals surface area contributed by atoms with Crippen molar-refractivity contribution in [3.8, 4) is 6.07 Å². The van der Waals surface area contributed by atoms with Crippen molar-refractivity contribution in [1.29, 1.82) is 5.26 Å². The lowest BCUT2D eigenvalue weighted by Crippen LogP contribution is -2.24. The van der Waals surface area contributed by atoms with E-state index in [0.29, 0.717) is 5.56 Å². The number of anilines is 1. The van der Waals surface area contributed by atoms with Crippen LogP contribution in [-0.2, 0) is 0 Å². The Balaban J connectivity index is 2.52. The van der Waals surface area contributed by atoms with Gasteiger partial charge in [-0.25, -0.2) is 0 Å². The molecule has 3 nitrogen and oxygen atoms in total. The van der Waals surface area contributed by atoms with Crippen LogP contribution in [0.15, 0.2) is 22.7 Å². The van der Waals surface area contributed by atoms with E-state index in [1.165, 1.54) is 0 Å². The second kappa shape index (κ2) is 6.51. The number of likely N-dealkylation sites (N-methyl/N-ethyl adjacent to an activating group) is 1. The van der Waals surface area contributed by atoms with Gasteiger partial charge in [0.05, 0.1) is 11.6 Å². The summed E-state index contributed by atoms with van der Waals surface area (Å²) in [6.07, 6.45) is 0. The van der Waals surface area contributed by atoms with Gasteiger partial charge in [0.1, 0.15) is 0 Å². The van der Waals surface area contributed by atoms with E-state index < -0.39 is 0 Å². The Bertz CT molecular complexity index is 384. The first-order chi connectivity index (χ1) is 7.67. The number of benzene rings is 1. The number of hydrogen-bond acceptors (Lipinski definition) is 3. The van der Waals surface area contributed by atoms with Crippen molar-refractivity contribution in [3.63, 3.8) is 0 Å². The molecule has 0 atom stereocenters. The summed E-state index contributed by atoms with van der Waals surface area (Å²) >= 11 is 3.45. The normalized spacial score (nSPS) is 10.2. The second-order valence-corrected chi connectivity index (χ2v) is 4.48. The lowest BCUT2D eigenvalue weighted by molar-refractivity contribution is 0.367. The minimum Gasteiger partial charge on any atom is -0.383 e. The quantitative estimate of drug-likeness (QED) is 0.902. The van der Waals surface area contributed by atoms with E-state index >= 15 is 0 Å². The van der Waals surface area contributed by atoms with Crippen LogP contribution in [0.4, 0.5) is 5.69 Å². The molecule has 0 aliphatic rings. The van der Waals surface area contributed by atoms with Crippen LogP contribution >= 0.6 is 15.9 Å². The van der Waals surface area contributed by atoms with Crippen molar-refractivity contribution < 1.29 is 0 Å². The molecule has 0 aromatic heterocycles. The zero-order chi connectivity index (χ0) is 12.0. The van der Waals surface area contributed by atoms with Gasteiger partial charge in [0.2, 0.25) is 0 Å². The van der Waals surface area contributed by atoms with Crippen molar-refractivity contribution in [1.82, 2.24) is 4.90 Å². The first kappa shape index (κ1) is 13.0. The molecule has 86 valence electrons. The summed E-state index contributed by atoms with van der Waals surface area (Å²) in [6, 6.07) is 7.68. The Kier molecular flexibility index (Phi) is 5.30. The van der Waals surface area contributed by atoms with E-state index in [1.54, 1.807) is 0 Å². The highest BCUT2D eigenvalue weighted by Crippen LogP contribution is 2.22. The number of rotatable bonds is 5. The van der Waals surface area contributed by atoms with Crippen molar-refractivity contribution in [2.75, 3.05) is 32.0 Å². The van der Waals surface area contributed by atoms with Gasteiger partial charge in [-0.05, 0) is 47.7 Å². The van der Waals surface area contributed by atoms with E-state index in [-0.39, 0.29) is 0 Å². The highest BCUT2D eigenvalue weighted by molar-refractivity contribution is 9.10. The molecule has 0 amide bonds. The van der Waals surface area contributed by atoms with Crippen molar-refractivity contribution >= 4 is 21.6 Å². The zero-order valence-electron chi connectivity index (χ0n) is 9.63.